The second-order valence-electron chi connectivity index (χ2n) is 6.17. The van der Waals surface area contributed by atoms with E-state index in [0.717, 1.165) is 37.8 Å². The Morgan fingerprint density at radius 2 is 1.76 bits per heavy atom. The van der Waals surface area contributed by atoms with Gasteiger partial charge in [0.25, 0.3) is 0 Å². The molecule has 1 heterocycles. The van der Waals surface area contributed by atoms with Crippen LogP contribution in [0, 0.1) is 17.8 Å². The van der Waals surface area contributed by atoms with E-state index in [-0.39, 0.29) is 17.9 Å². The van der Waals surface area contributed by atoms with Crippen LogP contribution in [0.2, 0.25) is 0 Å². The van der Waals surface area contributed by atoms with Crippen LogP contribution in [0.3, 0.4) is 0 Å². The quantitative estimate of drug-likeness (QED) is 0.819. The highest BCUT2D eigenvalue weighted by molar-refractivity contribution is 5.82. The number of carbonyl (C=O) groups is 1. The summed E-state index contributed by atoms with van der Waals surface area (Å²) < 4.78 is 0. The molecule has 0 aromatic rings. The van der Waals surface area contributed by atoms with Crippen LogP contribution in [-0.4, -0.2) is 29.9 Å². The van der Waals surface area contributed by atoms with Gasteiger partial charge in [-0.1, -0.05) is 27.7 Å². The zero-order valence-corrected chi connectivity index (χ0v) is 11.8. The molecule has 1 amide bonds. The summed E-state index contributed by atoms with van der Waals surface area (Å²) in [6.45, 7) is 10.4. The van der Waals surface area contributed by atoms with E-state index >= 15 is 0 Å². The van der Waals surface area contributed by atoms with Gasteiger partial charge in [0, 0.05) is 13.1 Å². The maximum Gasteiger partial charge on any atom is 0.239 e. The molecule has 0 saturated carbocycles. The highest BCUT2D eigenvalue weighted by atomic mass is 16.2. The predicted octanol–water partition coefficient (Wildman–Crippen LogP) is 2.25. The molecule has 0 aliphatic carbocycles. The van der Waals surface area contributed by atoms with Crippen LogP contribution in [0.4, 0.5) is 0 Å². The third-order valence-corrected chi connectivity index (χ3v) is 3.73. The van der Waals surface area contributed by atoms with Crippen molar-refractivity contribution in [3.05, 3.63) is 0 Å². The summed E-state index contributed by atoms with van der Waals surface area (Å²) in [5, 5.41) is 0. The Morgan fingerprint density at radius 1 is 1.24 bits per heavy atom. The van der Waals surface area contributed by atoms with Crippen molar-refractivity contribution >= 4 is 5.91 Å². The lowest BCUT2D eigenvalue weighted by atomic mass is 9.88. The van der Waals surface area contributed by atoms with Crippen molar-refractivity contribution in [2.45, 2.75) is 53.0 Å². The lowest BCUT2D eigenvalue weighted by Crippen LogP contribution is -2.49. The van der Waals surface area contributed by atoms with Gasteiger partial charge in [-0.3, -0.25) is 4.79 Å². The van der Waals surface area contributed by atoms with E-state index in [1.165, 1.54) is 6.42 Å². The van der Waals surface area contributed by atoms with E-state index < -0.39 is 0 Å². The molecule has 3 nitrogen and oxygen atoms in total. The topological polar surface area (TPSA) is 46.3 Å². The molecule has 100 valence electrons. The number of nitrogens with two attached hydrogens (primary N) is 1. The van der Waals surface area contributed by atoms with Gasteiger partial charge >= 0.3 is 0 Å². The van der Waals surface area contributed by atoms with Crippen LogP contribution in [0.25, 0.3) is 0 Å². The predicted molar refractivity (Wildman–Crippen MR) is 71.6 cm³/mol. The first kappa shape index (κ1) is 14.5. The summed E-state index contributed by atoms with van der Waals surface area (Å²) in [5.41, 5.74) is 5.92. The van der Waals surface area contributed by atoms with Crippen molar-refractivity contribution in [2.75, 3.05) is 13.1 Å². The molecular weight excluding hydrogens is 212 g/mol. The van der Waals surface area contributed by atoms with Crippen molar-refractivity contribution in [3.63, 3.8) is 0 Å². The molecule has 1 fully saturated rings. The van der Waals surface area contributed by atoms with Crippen molar-refractivity contribution in [3.8, 4) is 0 Å². The number of likely N-dealkylation sites (tertiary alicyclic amines) is 1. The molecule has 0 spiro atoms. The Labute approximate surface area is 106 Å². The average molecular weight is 240 g/mol. The molecule has 17 heavy (non-hydrogen) atoms. The fourth-order valence-electron chi connectivity index (χ4n) is 2.55. The number of rotatable bonds is 4. The first-order chi connectivity index (χ1) is 7.91. The summed E-state index contributed by atoms with van der Waals surface area (Å²) in [7, 11) is 0. The maximum absolute atomic E-state index is 12.1. The molecule has 1 aliphatic heterocycles. The van der Waals surface area contributed by atoms with Crippen LogP contribution in [0.5, 0.6) is 0 Å². The SMILES string of the molecule is CC(C)CC1CCN(C(=O)C(N)C(C)C)CC1. The van der Waals surface area contributed by atoms with Crippen LogP contribution in [0.1, 0.15) is 47.0 Å². The Balaban J connectivity index is 2.39. The van der Waals surface area contributed by atoms with Gasteiger partial charge < -0.3 is 10.6 Å². The molecule has 3 heteroatoms. The molecule has 1 unspecified atom stereocenters. The molecule has 1 rings (SSSR count). The molecular formula is C14H28N2O. The van der Waals surface area contributed by atoms with Gasteiger partial charge in [0.1, 0.15) is 0 Å². The van der Waals surface area contributed by atoms with Crippen LogP contribution >= 0.6 is 0 Å². The standard InChI is InChI=1S/C14H28N2O/c1-10(2)9-12-5-7-16(8-6-12)14(17)13(15)11(3)4/h10-13H,5-9,15H2,1-4H3. The van der Waals surface area contributed by atoms with Crippen LogP contribution in [0.15, 0.2) is 0 Å². The first-order valence-electron chi connectivity index (χ1n) is 6.96. The fraction of sp³-hybridized carbons (Fsp3) is 0.929. The highest BCUT2D eigenvalue weighted by Crippen LogP contribution is 2.24. The Hall–Kier alpha value is -0.570. The molecule has 0 aromatic heterocycles. The minimum atomic E-state index is -0.323. The lowest BCUT2D eigenvalue weighted by molar-refractivity contribution is -0.135. The second-order valence-corrected chi connectivity index (χ2v) is 6.17. The highest BCUT2D eigenvalue weighted by Gasteiger charge is 2.27. The van der Waals surface area contributed by atoms with Gasteiger partial charge in [-0.25, -0.2) is 0 Å². The number of piperidine rings is 1. The van der Waals surface area contributed by atoms with E-state index in [2.05, 4.69) is 13.8 Å². The molecule has 0 aromatic carbocycles. The number of carbonyl (C=O) groups excluding carboxylic acids is 1. The normalized spacial score (nSPS) is 20.1. The summed E-state index contributed by atoms with van der Waals surface area (Å²) in [6.07, 6.45) is 3.59. The van der Waals surface area contributed by atoms with E-state index in [1.54, 1.807) is 0 Å². The minimum Gasteiger partial charge on any atom is -0.341 e. The number of hydrogen-bond donors (Lipinski definition) is 1. The Kier molecular flexibility index (Phi) is 5.44. The van der Waals surface area contributed by atoms with Crippen LogP contribution in [-0.2, 0) is 4.79 Å². The van der Waals surface area contributed by atoms with Crippen molar-refractivity contribution in [1.82, 2.24) is 4.90 Å². The number of amides is 1. The van der Waals surface area contributed by atoms with Crippen molar-refractivity contribution in [1.29, 1.82) is 0 Å². The van der Waals surface area contributed by atoms with Gasteiger partial charge in [0.15, 0.2) is 0 Å². The minimum absolute atomic E-state index is 0.142. The van der Waals surface area contributed by atoms with Gasteiger partial charge in [0.2, 0.25) is 5.91 Å². The van der Waals surface area contributed by atoms with Crippen molar-refractivity contribution < 1.29 is 4.79 Å². The molecule has 2 N–H and O–H groups in total. The first-order valence-corrected chi connectivity index (χ1v) is 6.96. The number of hydrogen-bond acceptors (Lipinski definition) is 2. The molecule has 0 bridgehead atoms. The second kappa shape index (κ2) is 6.39. The number of nitrogens with zero attached hydrogens (tertiary/aromatic N) is 1. The molecule has 1 aliphatic rings. The zero-order chi connectivity index (χ0) is 13.0. The van der Waals surface area contributed by atoms with Gasteiger partial charge in [-0.05, 0) is 37.0 Å². The molecule has 1 atom stereocenters. The van der Waals surface area contributed by atoms with Gasteiger partial charge in [-0.15, -0.1) is 0 Å². The summed E-state index contributed by atoms with van der Waals surface area (Å²) in [6, 6.07) is -0.323. The zero-order valence-electron chi connectivity index (χ0n) is 11.8. The Bertz CT molecular complexity index is 243. The summed E-state index contributed by atoms with van der Waals surface area (Å²) in [4.78, 5) is 14.0. The molecule has 0 radical (unpaired) electrons. The summed E-state index contributed by atoms with van der Waals surface area (Å²) in [5.74, 6) is 1.94. The van der Waals surface area contributed by atoms with E-state index in [1.807, 2.05) is 18.7 Å². The van der Waals surface area contributed by atoms with E-state index in [4.69, 9.17) is 5.73 Å². The van der Waals surface area contributed by atoms with E-state index in [9.17, 15) is 4.79 Å². The average Bonchev–Trinajstić information content (AvgIpc) is 2.27. The third kappa shape index (κ3) is 4.30. The smallest absolute Gasteiger partial charge is 0.239 e. The van der Waals surface area contributed by atoms with E-state index in [0.29, 0.717) is 0 Å². The monoisotopic (exact) mass is 240 g/mol. The Morgan fingerprint density at radius 3 is 2.18 bits per heavy atom. The molecule has 1 saturated heterocycles. The maximum atomic E-state index is 12.1. The fourth-order valence-corrected chi connectivity index (χ4v) is 2.55. The summed E-state index contributed by atoms with van der Waals surface area (Å²) >= 11 is 0. The third-order valence-electron chi connectivity index (χ3n) is 3.73. The van der Waals surface area contributed by atoms with Gasteiger partial charge in [-0.2, -0.15) is 0 Å². The largest absolute Gasteiger partial charge is 0.341 e. The lowest BCUT2D eigenvalue weighted by Gasteiger charge is -2.34. The van der Waals surface area contributed by atoms with Crippen molar-refractivity contribution in [2.24, 2.45) is 23.5 Å². The van der Waals surface area contributed by atoms with Crippen LogP contribution < -0.4 is 5.73 Å². The van der Waals surface area contributed by atoms with Gasteiger partial charge in [0.05, 0.1) is 6.04 Å².